The summed E-state index contributed by atoms with van der Waals surface area (Å²) in [5.74, 6) is -1.50. The second-order valence-electron chi connectivity index (χ2n) is 9.12. The van der Waals surface area contributed by atoms with Crippen molar-refractivity contribution in [3.8, 4) is 23.0 Å². The Kier molecular flexibility index (Phi) is 7.51. The SMILES string of the molecule is COc1ccc([C@H]2Oc3ccc(Cl)cc3C(=O)[C@@H]2[C@@H](C(=O)c2cc(Cl)ccc2O)c2ccc(OC)cc2)cc1. The first-order valence-electron chi connectivity index (χ1n) is 12.1. The van der Waals surface area contributed by atoms with Crippen molar-refractivity contribution in [2.45, 2.75) is 12.0 Å². The second kappa shape index (κ2) is 11.0. The topological polar surface area (TPSA) is 82.1 Å². The Hall–Kier alpha value is -4.00. The number of methoxy groups -OCH3 is 2. The molecule has 4 aromatic carbocycles. The van der Waals surface area contributed by atoms with Gasteiger partial charge in [0.25, 0.3) is 0 Å². The van der Waals surface area contributed by atoms with E-state index in [0.717, 1.165) is 0 Å². The minimum Gasteiger partial charge on any atom is -0.507 e. The van der Waals surface area contributed by atoms with Gasteiger partial charge in [-0.3, -0.25) is 9.59 Å². The minimum absolute atomic E-state index is 0.00138. The number of phenolic OH excluding ortho intramolecular Hbond substituents is 1. The third-order valence-electron chi connectivity index (χ3n) is 6.87. The summed E-state index contributed by atoms with van der Waals surface area (Å²) in [5, 5.41) is 11.3. The molecule has 6 nitrogen and oxygen atoms in total. The Morgan fingerprint density at radius 3 is 2.08 bits per heavy atom. The van der Waals surface area contributed by atoms with Gasteiger partial charge in [0.1, 0.15) is 29.1 Å². The maximum atomic E-state index is 14.3. The standard InChI is InChI=1S/C31H24Cl2O6/c1-37-21-9-3-17(4-10-21)27(29(35)23-15-19(32)7-13-25(23)34)28-30(36)24-16-20(33)8-14-26(24)39-31(28)18-5-11-22(38-2)12-6-18/h3-16,27-28,31,34H,1-2H3/t27-,28-,31+/m0/s1. The van der Waals surface area contributed by atoms with Crippen LogP contribution >= 0.6 is 23.2 Å². The van der Waals surface area contributed by atoms with Crippen LogP contribution in [0.25, 0.3) is 0 Å². The van der Waals surface area contributed by atoms with Crippen LogP contribution in [0.4, 0.5) is 0 Å². The maximum Gasteiger partial charge on any atom is 0.174 e. The monoisotopic (exact) mass is 562 g/mol. The van der Waals surface area contributed by atoms with E-state index in [2.05, 4.69) is 0 Å². The molecule has 4 aromatic rings. The minimum atomic E-state index is -1.05. The van der Waals surface area contributed by atoms with Gasteiger partial charge in [-0.15, -0.1) is 0 Å². The molecule has 0 spiro atoms. The molecule has 198 valence electrons. The fourth-order valence-electron chi connectivity index (χ4n) is 4.93. The molecule has 0 unspecified atom stereocenters. The number of benzene rings is 4. The van der Waals surface area contributed by atoms with Gasteiger partial charge in [-0.1, -0.05) is 47.5 Å². The van der Waals surface area contributed by atoms with Crippen LogP contribution in [0.5, 0.6) is 23.0 Å². The summed E-state index contributed by atoms with van der Waals surface area (Å²) in [5.41, 5.74) is 1.50. The van der Waals surface area contributed by atoms with Gasteiger partial charge in [-0.05, 0) is 71.8 Å². The predicted molar refractivity (Wildman–Crippen MR) is 149 cm³/mol. The highest BCUT2D eigenvalue weighted by atomic mass is 35.5. The van der Waals surface area contributed by atoms with Gasteiger partial charge >= 0.3 is 0 Å². The van der Waals surface area contributed by atoms with Gasteiger partial charge in [0.15, 0.2) is 11.6 Å². The molecule has 0 fully saturated rings. The van der Waals surface area contributed by atoms with Gasteiger partial charge in [-0.25, -0.2) is 0 Å². The Morgan fingerprint density at radius 2 is 1.44 bits per heavy atom. The predicted octanol–water partition coefficient (Wildman–Crippen LogP) is 7.32. The molecule has 5 rings (SSSR count). The summed E-state index contributed by atoms with van der Waals surface area (Å²) in [6.07, 6.45) is -0.838. The maximum absolute atomic E-state index is 14.3. The summed E-state index contributed by atoms with van der Waals surface area (Å²) in [4.78, 5) is 28.5. The highest BCUT2D eigenvalue weighted by Gasteiger charge is 2.47. The fourth-order valence-corrected chi connectivity index (χ4v) is 5.27. The van der Waals surface area contributed by atoms with Crippen LogP contribution in [0.1, 0.15) is 43.9 Å². The first-order valence-corrected chi connectivity index (χ1v) is 12.9. The molecule has 0 radical (unpaired) electrons. The Bertz CT molecular complexity index is 1530. The van der Waals surface area contributed by atoms with Crippen LogP contribution in [-0.4, -0.2) is 30.9 Å². The molecule has 0 saturated heterocycles. The molecule has 1 aliphatic rings. The lowest BCUT2D eigenvalue weighted by atomic mass is 9.71. The van der Waals surface area contributed by atoms with Gasteiger partial charge in [0.2, 0.25) is 0 Å². The molecular weight excluding hydrogens is 539 g/mol. The van der Waals surface area contributed by atoms with Crippen molar-refractivity contribution in [1.82, 2.24) is 0 Å². The smallest absolute Gasteiger partial charge is 0.174 e. The Labute approximate surface area is 235 Å². The highest BCUT2D eigenvalue weighted by molar-refractivity contribution is 6.31. The van der Waals surface area contributed by atoms with E-state index in [4.69, 9.17) is 37.4 Å². The number of ether oxygens (including phenoxy) is 3. The highest BCUT2D eigenvalue weighted by Crippen LogP contribution is 2.47. The number of rotatable bonds is 7. The number of phenols is 1. The summed E-state index contributed by atoms with van der Waals surface area (Å²) in [6.45, 7) is 0. The van der Waals surface area contributed by atoms with Crippen molar-refractivity contribution in [3.05, 3.63) is 117 Å². The van der Waals surface area contributed by atoms with Crippen LogP contribution in [0.15, 0.2) is 84.9 Å². The molecule has 39 heavy (non-hydrogen) atoms. The molecular formula is C31H24Cl2O6. The number of carbonyl (C=O) groups excluding carboxylic acids is 2. The van der Waals surface area contributed by atoms with E-state index in [0.29, 0.717) is 33.4 Å². The zero-order valence-electron chi connectivity index (χ0n) is 21.1. The molecule has 0 aliphatic carbocycles. The zero-order chi connectivity index (χ0) is 27.7. The molecule has 1 heterocycles. The van der Waals surface area contributed by atoms with Crippen molar-refractivity contribution in [3.63, 3.8) is 0 Å². The summed E-state index contributed by atoms with van der Waals surface area (Å²) < 4.78 is 17.0. The molecule has 8 heteroatoms. The number of ketones is 2. The summed E-state index contributed by atoms with van der Waals surface area (Å²) >= 11 is 12.5. The lowest BCUT2D eigenvalue weighted by Gasteiger charge is -2.37. The molecule has 0 saturated carbocycles. The molecule has 0 aromatic heterocycles. The number of Topliss-reactive ketones (excluding diaryl/α,β-unsaturated/α-hetero) is 2. The number of carbonyl (C=O) groups is 2. The molecule has 0 bridgehead atoms. The quantitative estimate of drug-likeness (QED) is 0.238. The Morgan fingerprint density at radius 1 is 0.846 bits per heavy atom. The van der Waals surface area contributed by atoms with E-state index in [1.165, 1.54) is 18.2 Å². The third-order valence-corrected chi connectivity index (χ3v) is 7.35. The van der Waals surface area contributed by atoms with E-state index < -0.39 is 23.7 Å². The Balaban J connectivity index is 1.72. The largest absolute Gasteiger partial charge is 0.507 e. The average Bonchev–Trinajstić information content (AvgIpc) is 2.96. The van der Waals surface area contributed by atoms with E-state index >= 15 is 0 Å². The van der Waals surface area contributed by atoms with Crippen LogP contribution in [0.2, 0.25) is 10.0 Å². The van der Waals surface area contributed by atoms with Crippen molar-refractivity contribution >= 4 is 34.8 Å². The van der Waals surface area contributed by atoms with Gasteiger partial charge < -0.3 is 19.3 Å². The number of halogens is 2. The summed E-state index contributed by atoms with van der Waals surface area (Å²) in [7, 11) is 3.11. The number of hydrogen-bond acceptors (Lipinski definition) is 6. The molecule has 0 amide bonds. The van der Waals surface area contributed by atoms with Crippen LogP contribution in [0.3, 0.4) is 0 Å². The zero-order valence-corrected chi connectivity index (χ0v) is 22.6. The molecule has 1 aliphatic heterocycles. The van der Waals surface area contributed by atoms with E-state index in [9.17, 15) is 14.7 Å². The van der Waals surface area contributed by atoms with Gasteiger partial charge in [0, 0.05) is 10.0 Å². The van der Waals surface area contributed by atoms with E-state index in [1.54, 1.807) is 80.9 Å². The van der Waals surface area contributed by atoms with Crippen LogP contribution in [0, 0.1) is 5.92 Å². The van der Waals surface area contributed by atoms with Crippen molar-refractivity contribution < 1.29 is 28.9 Å². The number of fused-ring (bicyclic) bond motifs is 1. The van der Waals surface area contributed by atoms with Gasteiger partial charge in [-0.2, -0.15) is 0 Å². The lowest BCUT2D eigenvalue weighted by molar-refractivity contribution is 0.0548. The number of hydrogen-bond donors (Lipinski definition) is 1. The second-order valence-corrected chi connectivity index (χ2v) is 9.99. The summed E-state index contributed by atoms with van der Waals surface area (Å²) in [6, 6.07) is 23.1. The first kappa shape index (κ1) is 26.6. The average molecular weight is 563 g/mol. The third kappa shape index (κ3) is 5.18. The fraction of sp³-hybridized carbons (Fsp3) is 0.161. The molecule has 3 atom stereocenters. The van der Waals surface area contributed by atoms with Crippen molar-refractivity contribution in [1.29, 1.82) is 0 Å². The van der Waals surface area contributed by atoms with E-state index in [-0.39, 0.29) is 27.7 Å². The normalized spacial score (nSPS) is 17.1. The van der Waals surface area contributed by atoms with E-state index in [1.807, 2.05) is 0 Å². The number of aromatic hydroxyl groups is 1. The van der Waals surface area contributed by atoms with Crippen LogP contribution in [-0.2, 0) is 0 Å². The van der Waals surface area contributed by atoms with Crippen molar-refractivity contribution in [2.24, 2.45) is 5.92 Å². The lowest BCUT2D eigenvalue weighted by Crippen LogP contribution is -2.39. The molecule has 1 N–H and O–H groups in total. The van der Waals surface area contributed by atoms with Crippen molar-refractivity contribution in [2.75, 3.05) is 14.2 Å². The first-order chi connectivity index (χ1) is 18.8. The van der Waals surface area contributed by atoms with Gasteiger partial charge in [0.05, 0.1) is 37.2 Å². The van der Waals surface area contributed by atoms with Crippen LogP contribution < -0.4 is 14.2 Å².